The number of oxazole rings is 1. The molecule has 2 aromatic heterocycles. The van der Waals surface area contributed by atoms with E-state index in [2.05, 4.69) is 0 Å². The van der Waals surface area contributed by atoms with Gasteiger partial charge in [-0.2, -0.15) is 0 Å². The first-order valence-electron chi connectivity index (χ1n) is 6.66. The van der Waals surface area contributed by atoms with Gasteiger partial charge in [0.05, 0.1) is 15.4 Å². The number of benzene rings is 1. The summed E-state index contributed by atoms with van der Waals surface area (Å²) in [5, 5.41) is 12.8. The zero-order chi connectivity index (χ0) is 15.0. The Kier molecular flexibility index (Phi) is 3.89. The van der Waals surface area contributed by atoms with Gasteiger partial charge in [0.25, 0.3) is 0 Å². The smallest absolute Gasteiger partial charge is 0.408 e. The number of aromatic nitrogens is 1. The molecule has 3 aromatic rings. The van der Waals surface area contributed by atoms with Gasteiger partial charge in [0.1, 0.15) is 6.10 Å². The van der Waals surface area contributed by atoms with Crippen molar-refractivity contribution in [2.75, 3.05) is 0 Å². The van der Waals surface area contributed by atoms with Crippen LogP contribution in [0, 0.1) is 0 Å². The van der Waals surface area contributed by atoms with Gasteiger partial charge in [-0.25, -0.2) is 4.79 Å². The molecule has 0 amide bonds. The van der Waals surface area contributed by atoms with E-state index in [1.165, 1.54) is 11.3 Å². The van der Waals surface area contributed by atoms with Crippen molar-refractivity contribution < 1.29 is 9.52 Å². The van der Waals surface area contributed by atoms with Crippen molar-refractivity contribution in [2.45, 2.75) is 26.0 Å². The van der Waals surface area contributed by atoms with Crippen LogP contribution in [0.1, 0.15) is 29.9 Å². The topological polar surface area (TPSA) is 55.4 Å². The van der Waals surface area contributed by atoms with Crippen LogP contribution in [0.15, 0.2) is 38.9 Å². The maximum absolute atomic E-state index is 11.8. The molecular weight excluding hydrogens is 310 g/mol. The summed E-state index contributed by atoms with van der Waals surface area (Å²) in [4.78, 5) is 12.5. The highest BCUT2D eigenvalue weighted by atomic mass is 35.5. The number of hydrogen-bond donors (Lipinski definition) is 1. The maximum atomic E-state index is 11.8. The van der Waals surface area contributed by atoms with Crippen molar-refractivity contribution in [2.24, 2.45) is 0 Å². The van der Waals surface area contributed by atoms with Gasteiger partial charge >= 0.3 is 5.76 Å². The molecule has 0 fully saturated rings. The highest BCUT2D eigenvalue weighted by molar-refractivity contribution is 7.10. The number of aryl methyl sites for hydroxylation is 1. The lowest BCUT2D eigenvalue weighted by Crippen LogP contribution is -2.13. The predicted molar refractivity (Wildman–Crippen MR) is 84.2 cm³/mol. The summed E-state index contributed by atoms with van der Waals surface area (Å²) in [6.45, 7) is 2.62. The molecule has 0 saturated carbocycles. The van der Waals surface area contributed by atoms with Gasteiger partial charge in [-0.05, 0) is 35.6 Å². The van der Waals surface area contributed by atoms with E-state index in [0.29, 0.717) is 27.6 Å². The number of halogens is 1. The summed E-state index contributed by atoms with van der Waals surface area (Å²) in [5.41, 5.74) is 1.89. The minimum Gasteiger partial charge on any atom is -0.408 e. The third kappa shape index (κ3) is 2.52. The van der Waals surface area contributed by atoms with Gasteiger partial charge < -0.3 is 9.52 Å². The summed E-state index contributed by atoms with van der Waals surface area (Å²) >= 11 is 7.44. The van der Waals surface area contributed by atoms with Gasteiger partial charge in [0, 0.05) is 6.54 Å². The van der Waals surface area contributed by atoms with E-state index in [1.54, 1.807) is 28.8 Å². The predicted octanol–water partition coefficient (Wildman–Crippen LogP) is 3.80. The SMILES string of the molecule is CCCn1c(=O)oc2cc(C(O)c3sccc3Cl)ccc21. The first kappa shape index (κ1) is 14.4. The largest absolute Gasteiger partial charge is 0.419 e. The molecule has 0 aliphatic carbocycles. The molecule has 1 aromatic carbocycles. The summed E-state index contributed by atoms with van der Waals surface area (Å²) in [7, 11) is 0. The van der Waals surface area contributed by atoms with Crippen LogP contribution in [0.5, 0.6) is 0 Å². The second kappa shape index (κ2) is 5.67. The molecule has 1 N–H and O–H groups in total. The molecule has 0 aliphatic rings. The van der Waals surface area contributed by atoms with Gasteiger partial charge in [-0.3, -0.25) is 4.57 Å². The molecule has 4 nitrogen and oxygen atoms in total. The molecule has 3 rings (SSSR count). The molecule has 110 valence electrons. The fourth-order valence-electron chi connectivity index (χ4n) is 2.34. The zero-order valence-electron chi connectivity index (χ0n) is 11.4. The van der Waals surface area contributed by atoms with Crippen LogP contribution in [0.25, 0.3) is 11.1 Å². The first-order chi connectivity index (χ1) is 10.1. The first-order valence-corrected chi connectivity index (χ1v) is 7.91. The normalized spacial score (nSPS) is 12.9. The van der Waals surface area contributed by atoms with E-state index in [-0.39, 0.29) is 5.76 Å². The molecule has 6 heteroatoms. The minimum absolute atomic E-state index is 0.368. The number of thiophene rings is 1. The van der Waals surface area contributed by atoms with Gasteiger partial charge in [-0.1, -0.05) is 24.6 Å². The van der Waals surface area contributed by atoms with Crippen molar-refractivity contribution in [3.63, 3.8) is 0 Å². The van der Waals surface area contributed by atoms with E-state index in [4.69, 9.17) is 16.0 Å². The second-order valence-corrected chi connectivity index (χ2v) is 6.14. The Balaban J connectivity index is 2.06. The van der Waals surface area contributed by atoms with Crippen molar-refractivity contribution in [1.29, 1.82) is 0 Å². The van der Waals surface area contributed by atoms with Crippen LogP contribution in [0.4, 0.5) is 0 Å². The number of aliphatic hydroxyl groups is 1. The van der Waals surface area contributed by atoms with E-state index >= 15 is 0 Å². The Morgan fingerprint density at radius 1 is 1.43 bits per heavy atom. The van der Waals surface area contributed by atoms with Gasteiger partial charge in [-0.15, -0.1) is 11.3 Å². The Bertz CT molecular complexity index is 833. The van der Waals surface area contributed by atoms with E-state index in [0.717, 1.165) is 11.9 Å². The standard InChI is InChI=1S/C15H14ClNO3S/c1-2-6-17-11-4-3-9(8-12(11)20-15(17)19)13(18)14-10(16)5-7-21-14/h3-5,7-8,13,18H,2,6H2,1H3. The molecule has 0 spiro atoms. The summed E-state index contributed by atoms with van der Waals surface area (Å²) in [6.07, 6.45) is 0.0331. The summed E-state index contributed by atoms with van der Waals surface area (Å²) < 4.78 is 6.86. The number of fused-ring (bicyclic) bond motifs is 1. The lowest BCUT2D eigenvalue weighted by molar-refractivity contribution is 0.224. The number of rotatable bonds is 4. The van der Waals surface area contributed by atoms with Crippen LogP contribution in [-0.2, 0) is 6.54 Å². The zero-order valence-corrected chi connectivity index (χ0v) is 12.9. The van der Waals surface area contributed by atoms with Crippen LogP contribution in [0.2, 0.25) is 5.02 Å². The van der Waals surface area contributed by atoms with Crippen LogP contribution >= 0.6 is 22.9 Å². The Morgan fingerprint density at radius 3 is 2.90 bits per heavy atom. The highest BCUT2D eigenvalue weighted by Gasteiger charge is 2.17. The average Bonchev–Trinajstić information content (AvgIpc) is 3.02. The third-order valence-corrected chi connectivity index (χ3v) is 4.76. The summed E-state index contributed by atoms with van der Waals surface area (Å²) in [5.74, 6) is -0.368. The maximum Gasteiger partial charge on any atom is 0.419 e. The number of hydrogen-bond acceptors (Lipinski definition) is 4. The molecular formula is C15H14ClNO3S. The van der Waals surface area contributed by atoms with E-state index in [1.807, 2.05) is 12.3 Å². The fourth-order valence-corrected chi connectivity index (χ4v) is 3.51. The summed E-state index contributed by atoms with van der Waals surface area (Å²) in [6, 6.07) is 7.05. The second-order valence-electron chi connectivity index (χ2n) is 4.78. The lowest BCUT2D eigenvalue weighted by Gasteiger charge is -2.09. The lowest BCUT2D eigenvalue weighted by atomic mass is 10.1. The molecule has 1 unspecified atom stereocenters. The Labute approximate surface area is 130 Å². The molecule has 1 atom stereocenters. The van der Waals surface area contributed by atoms with Gasteiger partial charge in [0.2, 0.25) is 0 Å². The van der Waals surface area contributed by atoms with E-state index < -0.39 is 6.10 Å². The monoisotopic (exact) mass is 323 g/mol. The van der Waals surface area contributed by atoms with Crippen LogP contribution in [-0.4, -0.2) is 9.67 Å². The molecule has 0 bridgehead atoms. The Morgan fingerprint density at radius 2 is 2.24 bits per heavy atom. The minimum atomic E-state index is -0.818. The van der Waals surface area contributed by atoms with Crippen molar-refractivity contribution in [3.05, 3.63) is 55.7 Å². The fraction of sp³-hybridized carbons (Fsp3) is 0.267. The highest BCUT2D eigenvalue weighted by Crippen LogP contribution is 2.33. The Hall–Kier alpha value is -1.56. The molecule has 0 saturated heterocycles. The average molecular weight is 324 g/mol. The molecule has 0 radical (unpaired) electrons. The third-order valence-electron chi connectivity index (χ3n) is 3.35. The number of nitrogens with zero attached hydrogens (tertiary/aromatic N) is 1. The van der Waals surface area contributed by atoms with Crippen molar-refractivity contribution >= 4 is 34.0 Å². The molecule has 21 heavy (non-hydrogen) atoms. The van der Waals surface area contributed by atoms with Crippen molar-refractivity contribution in [3.8, 4) is 0 Å². The van der Waals surface area contributed by atoms with Gasteiger partial charge in [0.15, 0.2) is 5.58 Å². The quantitative estimate of drug-likeness (QED) is 0.794. The molecule has 0 aliphatic heterocycles. The van der Waals surface area contributed by atoms with Crippen LogP contribution in [0.3, 0.4) is 0 Å². The number of aliphatic hydroxyl groups excluding tert-OH is 1. The molecule has 2 heterocycles. The van der Waals surface area contributed by atoms with E-state index in [9.17, 15) is 9.90 Å². The van der Waals surface area contributed by atoms with Crippen LogP contribution < -0.4 is 5.76 Å². The van der Waals surface area contributed by atoms with Crippen molar-refractivity contribution in [1.82, 2.24) is 4.57 Å².